The molecule has 0 aliphatic carbocycles. The number of rotatable bonds is 5. The predicted octanol–water partition coefficient (Wildman–Crippen LogP) is 0.689. The number of likely N-dealkylation sites (N-methyl/N-ethyl adjacent to an activating group) is 1. The molecule has 20 heavy (non-hydrogen) atoms. The fourth-order valence-corrected chi connectivity index (χ4v) is 3.37. The van der Waals surface area contributed by atoms with Gasteiger partial charge < -0.3 is 11.1 Å². The Morgan fingerprint density at radius 2 is 1.95 bits per heavy atom. The molecule has 0 spiro atoms. The first-order valence-corrected chi connectivity index (χ1v) is 7.84. The number of hydrogen-bond donors (Lipinski definition) is 3. The van der Waals surface area contributed by atoms with Crippen molar-refractivity contribution in [3.8, 4) is 0 Å². The molecule has 6 nitrogen and oxygen atoms in total. The number of sulfonamides is 1. The normalized spacial score (nSPS) is 13.0. The van der Waals surface area contributed by atoms with Crippen LogP contribution in [-0.2, 0) is 14.8 Å². The molecular weight excluding hydrogens is 278 g/mol. The summed E-state index contributed by atoms with van der Waals surface area (Å²) in [6, 6.07) is 2.40. The van der Waals surface area contributed by atoms with Crippen molar-refractivity contribution in [3.05, 3.63) is 23.3 Å². The smallest absolute Gasteiger partial charge is 0.241 e. The molecule has 1 unspecified atom stereocenters. The molecule has 4 N–H and O–H groups in total. The van der Waals surface area contributed by atoms with Crippen molar-refractivity contribution < 1.29 is 13.2 Å². The summed E-state index contributed by atoms with van der Waals surface area (Å²) in [6.07, 6.45) is 0. The highest BCUT2D eigenvalue weighted by Crippen LogP contribution is 2.23. The summed E-state index contributed by atoms with van der Waals surface area (Å²) < 4.78 is 27.0. The number of nitrogens with one attached hydrogen (secondary N) is 2. The third-order valence-corrected chi connectivity index (χ3v) is 4.58. The maximum Gasteiger partial charge on any atom is 0.241 e. The minimum atomic E-state index is -3.79. The van der Waals surface area contributed by atoms with Crippen molar-refractivity contribution in [1.82, 2.24) is 10.0 Å². The summed E-state index contributed by atoms with van der Waals surface area (Å²) >= 11 is 0. The van der Waals surface area contributed by atoms with E-state index >= 15 is 0 Å². The zero-order valence-electron chi connectivity index (χ0n) is 12.1. The van der Waals surface area contributed by atoms with Crippen LogP contribution in [0.2, 0.25) is 0 Å². The van der Waals surface area contributed by atoms with E-state index in [1.165, 1.54) is 6.92 Å². The molecule has 0 radical (unpaired) electrons. The van der Waals surface area contributed by atoms with Gasteiger partial charge in [-0.25, -0.2) is 8.42 Å². The molecule has 0 fully saturated rings. The van der Waals surface area contributed by atoms with E-state index in [1.54, 1.807) is 32.9 Å². The Morgan fingerprint density at radius 1 is 1.35 bits per heavy atom. The molecule has 7 heteroatoms. The second kappa shape index (κ2) is 6.23. The van der Waals surface area contributed by atoms with E-state index in [0.29, 0.717) is 17.8 Å². The highest BCUT2D eigenvalue weighted by atomic mass is 32.2. The van der Waals surface area contributed by atoms with E-state index in [2.05, 4.69) is 10.0 Å². The molecule has 0 saturated carbocycles. The third kappa shape index (κ3) is 3.71. The Kier molecular flexibility index (Phi) is 5.13. The van der Waals surface area contributed by atoms with Crippen molar-refractivity contribution in [2.75, 3.05) is 12.3 Å². The van der Waals surface area contributed by atoms with Crippen LogP contribution in [0.25, 0.3) is 0 Å². The van der Waals surface area contributed by atoms with E-state index in [1.807, 2.05) is 0 Å². The summed E-state index contributed by atoms with van der Waals surface area (Å²) in [5.41, 5.74) is 7.43. The molecule has 0 heterocycles. The maximum atomic E-state index is 12.3. The molecule has 1 atom stereocenters. The fourth-order valence-electron chi connectivity index (χ4n) is 1.81. The van der Waals surface area contributed by atoms with Gasteiger partial charge in [-0.1, -0.05) is 0 Å². The quantitative estimate of drug-likeness (QED) is 0.696. The maximum absolute atomic E-state index is 12.3. The lowest BCUT2D eigenvalue weighted by atomic mass is 10.1. The number of carbonyl (C=O) groups excluding carboxylic acids is 1. The Bertz CT molecular complexity index is 612. The molecule has 0 saturated heterocycles. The number of anilines is 1. The van der Waals surface area contributed by atoms with Crippen LogP contribution in [0.1, 0.15) is 25.0 Å². The first-order chi connectivity index (χ1) is 9.19. The number of nitrogens with two attached hydrogens (primary N) is 1. The second-order valence-corrected chi connectivity index (χ2v) is 6.40. The Morgan fingerprint density at radius 3 is 2.50 bits per heavy atom. The minimum Gasteiger partial charge on any atom is -0.398 e. The fraction of sp³-hybridized carbons (Fsp3) is 0.462. The summed E-state index contributed by atoms with van der Waals surface area (Å²) in [4.78, 5) is 11.7. The van der Waals surface area contributed by atoms with Crippen molar-refractivity contribution in [3.63, 3.8) is 0 Å². The number of aryl methyl sites for hydroxylation is 1. The molecular formula is C13H21N3O3S. The second-order valence-electron chi connectivity index (χ2n) is 4.71. The van der Waals surface area contributed by atoms with Crippen LogP contribution < -0.4 is 15.8 Å². The van der Waals surface area contributed by atoms with Crippen LogP contribution >= 0.6 is 0 Å². The van der Waals surface area contributed by atoms with Crippen LogP contribution in [0, 0.1) is 13.8 Å². The van der Waals surface area contributed by atoms with E-state index in [0.717, 1.165) is 5.56 Å². The molecule has 1 amide bonds. The van der Waals surface area contributed by atoms with Gasteiger partial charge in [-0.2, -0.15) is 4.72 Å². The lowest BCUT2D eigenvalue weighted by molar-refractivity contribution is -0.122. The Labute approximate surface area is 119 Å². The van der Waals surface area contributed by atoms with E-state index < -0.39 is 16.1 Å². The molecule has 0 aliphatic rings. The average molecular weight is 299 g/mol. The number of nitrogen functional groups attached to an aromatic ring is 1. The first-order valence-electron chi connectivity index (χ1n) is 6.35. The van der Waals surface area contributed by atoms with Gasteiger partial charge in [0.25, 0.3) is 0 Å². The summed E-state index contributed by atoms with van der Waals surface area (Å²) in [5, 5.41) is 2.57. The first kappa shape index (κ1) is 16.5. The van der Waals surface area contributed by atoms with E-state index in [9.17, 15) is 13.2 Å². The summed E-state index contributed by atoms with van der Waals surface area (Å²) in [6.45, 7) is 7.12. The van der Waals surface area contributed by atoms with Crippen LogP contribution in [0.3, 0.4) is 0 Å². The highest BCUT2D eigenvalue weighted by Gasteiger charge is 2.24. The number of hydrogen-bond acceptors (Lipinski definition) is 4. The van der Waals surface area contributed by atoms with Gasteiger partial charge in [0.05, 0.1) is 10.9 Å². The summed E-state index contributed by atoms with van der Waals surface area (Å²) in [7, 11) is -3.79. The van der Waals surface area contributed by atoms with Crippen molar-refractivity contribution >= 4 is 21.6 Å². The van der Waals surface area contributed by atoms with Crippen molar-refractivity contribution in [2.24, 2.45) is 0 Å². The molecule has 112 valence electrons. The third-order valence-electron chi connectivity index (χ3n) is 2.91. The van der Waals surface area contributed by atoms with Gasteiger partial charge in [0.2, 0.25) is 15.9 Å². The molecule has 0 aliphatic heterocycles. The lowest BCUT2D eigenvalue weighted by Gasteiger charge is -2.16. The molecule has 0 aromatic heterocycles. The van der Waals surface area contributed by atoms with E-state index in [-0.39, 0.29) is 10.8 Å². The van der Waals surface area contributed by atoms with Gasteiger partial charge >= 0.3 is 0 Å². The Balaban J connectivity index is 3.09. The zero-order chi connectivity index (χ0) is 15.5. The van der Waals surface area contributed by atoms with Gasteiger partial charge in [-0.05, 0) is 51.0 Å². The van der Waals surface area contributed by atoms with Crippen LogP contribution in [0.4, 0.5) is 5.69 Å². The zero-order valence-corrected chi connectivity index (χ0v) is 13.0. The molecule has 1 rings (SSSR count). The van der Waals surface area contributed by atoms with Crippen LogP contribution in [-0.4, -0.2) is 26.9 Å². The molecule has 1 aromatic carbocycles. The minimum absolute atomic E-state index is 0.103. The number of carbonyl (C=O) groups is 1. The predicted molar refractivity (Wildman–Crippen MR) is 78.8 cm³/mol. The average Bonchev–Trinajstić information content (AvgIpc) is 2.33. The molecule has 0 bridgehead atoms. The van der Waals surface area contributed by atoms with Crippen molar-refractivity contribution in [2.45, 2.75) is 38.6 Å². The number of amides is 1. The monoisotopic (exact) mass is 299 g/mol. The Hall–Kier alpha value is -1.60. The van der Waals surface area contributed by atoms with Gasteiger partial charge in [0, 0.05) is 12.2 Å². The summed E-state index contributed by atoms with van der Waals surface area (Å²) in [5.74, 6) is -0.366. The van der Waals surface area contributed by atoms with Gasteiger partial charge in [0.15, 0.2) is 0 Å². The van der Waals surface area contributed by atoms with Gasteiger partial charge in [0.1, 0.15) is 0 Å². The highest BCUT2D eigenvalue weighted by molar-refractivity contribution is 7.89. The SMILES string of the molecule is CCNC(=O)C(C)NS(=O)(=O)c1cc(C)cc(N)c1C. The topological polar surface area (TPSA) is 101 Å². The van der Waals surface area contributed by atoms with E-state index in [4.69, 9.17) is 5.73 Å². The molecule has 1 aromatic rings. The standard InChI is InChI=1S/C13H21N3O3S/c1-5-15-13(17)10(4)16-20(18,19)12-7-8(2)6-11(14)9(12)3/h6-7,10,16H,5,14H2,1-4H3,(H,15,17). The lowest BCUT2D eigenvalue weighted by Crippen LogP contribution is -2.44. The van der Waals surface area contributed by atoms with Crippen LogP contribution in [0.15, 0.2) is 17.0 Å². The van der Waals surface area contributed by atoms with Gasteiger partial charge in [-0.3, -0.25) is 4.79 Å². The largest absolute Gasteiger partial charge is 0.398 e. The number of benzene rings is 1. The van der Waals surface area contributed by atoms with Crippen molar-refractivity contribution in [1.29, 1.82) is 0 Å². The van der Waals surface area contributed by atoms with Gasteiger partial charge in [-0.15, -0.1) is 0 Å². The van der Waals surface area contributed by atoms with Crippen LogP contribution in [0.5, 0.6) is 0 Å².